The van der Waals surface area contributed by atoms with Crippen LogP contribution in [0.4, 0.5) is 13.2 Å². The largest absolute Gasteiger partial charge is 0.389 e. The number of alkyl halides is 3. The molecule has 0 heterocycles. The molecule has 0 spiro atoms. The number of nitrogens with two attached hydrogens (primary N) is 1. The summed E-state index contributed by atoms with van der Waals surface area (Å²) in [7, 11) is 0. The van der Waals surface area contributed by atoms with Crippen molar-refractivity contribution in [2.45, 2.75) is 38.4 Å². The van der Waals surface area contributed by atoms with Gasteiger partial charge in [-0.2, -0.15) is 13.2 Å². The van der Waals surface area contributed by atoms with E-state index in [4.69, 9.17) is 5.73 Å². The minimum atomic E-state index is -4.12. The van der Waals surface area contributed by atoms with Crippen LogP contribution < -0.4 is 5.73 Å². The summed E-state index contributed by atoms with van der Waals surface area (Å²) in [6.07, 6.45) is -4.10. The van der Waals surface area contributed by atoms with Gasteiger partial charge in [0, 0.05) is 12.5 Å². The summed E-state index contributed by atoms with van der Waals surface area (Å²) in [5.74, 6) is 0. The Kier molecular flexibility index (Phi) is 6.57. The molecule has 1 nitrogen and oxygen atoms in total. The summed E-state index contributed by atoms with van der Waals surface area (Å²) in [6.45, 7) is 2.03. The fourth-order valence-electron chi connectivity index (χ4n) is 1.49. The molecule has 1 aromatic rings. The van der Waals surface area contributed by atoms with Gasteiger partial charge in [0.25, 0.3) is 0 Å². The van der Waals surface area contributed by atoms with Crippen LogP contribution in [0.3, 0.4) is 0 Å². The summed E-state index contributed by atoms with van der Waals surface area (Å²) in [5.41, 5.74) is 7.62. The molecule has 2 N–H and O–H groups in total. The van der Waals surface area contributed by atoms with Crippen molar-refractivity contribution in [1.82, 2.24) is 0 Å². The Bertz CT molecular complexity index is 322. The lowest BCUT2D eigenvalue weighted by molar-refractivity contribution is -0.136. The Balaban J connectivity index is 0.00000256. The normalized spacial score (nSPS) is 13.0. The highest BCUT2D eigenvalue weighted by Gasteiger charge is 2.27. The SMILES string of the molecule is CCc1ccc([C@H](N)CCC(F)(F)F)cc1.Cl. The maximum Gasteiger partial charge on any atom is 0.389 e. The van der Waals surface area contributed by atoms with Gasteiger partial charge in [0.05, 0.1) is 0 Å². The first kappa shape index (κ1) is 16.3. The van der Waals surface area contributed by atoms with E-state index >= 15 is 0 Å². The molecule has 5 heteroatoms. The molecule has 0 aliphatic rings. The smallest absolute Gasteiger partial charge is 0.324 e. The molecular formula is C12H17ClF3N. The predicted molar refractivity (Wildman–Crippen MR) is 65.3 cm³/mol. The minimum Gasteiger partial charge on any atom is -0.324 e. The molecule has 1 atom stereocenters. The zero-order valence-corrected chi connectivity index (χ0v) is 10.4. The van der Waals surface area contributed by atoms with Gasteiger partial charge >= 0.3 is 6.18 Å². The monoisotopic (exact) mass is 267 g/mol. The van der Waals surface area contributed by atoms with E-state index in [1.807, 2.05) is 19.1 Å². The van der Waals surface area contributed by atoms with Gasteiger partial charge in [-0.05, 0) is 24.0 Å². The van der Waals surface area contributed by atoms with E-state index in [2.05, 4.69) is 0 Å². The molecule has 98 valence electrons. The van der Waals surface area contributed by atoms with Gasteiger partial charge in [0.15, 0.2) is 0 Å². The van der Waals surface area contributed by atoms with Gasteiger partial charge in [-0.15, -0.1) is 12.4 Å². The Morgan fingerprint density at radius 3 is 2.12 bits per heavy atom. The number of benzene rings is 1. The van der Waals surface area contributed by atoms with Crippen LogP contribution in [0.5, 0.6) is 0 Å². The average Bonchev–Trinajstić information content (AvgIpc) is 2.25. The molecule has 0 aromatic heterocycles. The van der Waals surface area contributed by atoms with Gasteiger partial charge in [-0.1, -0.05) is 31.2 Å². The highest BCUT2D eigenvalue weighted by atomic mass is 35.5. The molecule has 0 fully saturated rings. The maximum atomic E-state index is 12.0. The molecule has 0 bridgehead atoms. The molecule has 1 rings (SSSR count). The highest BCUT2D eigenvalue weighted by molar-refractivity contribution is 5.85. The van der Waals surface area contributed by atoms with E-state index in [-0.39, 0.29) is 18.8 Å². The third-order valence-electron chi connectivity index (χ3n) is 2.55. The lowest BCUT2D eigenvalue weighted by atomic mass is 10.0. The molecule has 0 unspecified atom stereocenters. The van der Waals surface area contributed by atoms with Crippen molar-refractivity contribution in [3.63, 3.8) is 0 Å². The first-order valence-electron chi connectivity index (χ1n) is 5.33. The lowest BCUT2D eigenvalue weighted by Crippen LogP contribution is -2.15. The zero-order chi connectivity index (χ0) is 12.2. The van der Waals surface area contributed by atoms with Gasteiger partial charge in [0.2, 0.25) is 0 Å². The summed E-state index contributed by atoms with van der Waals surface area (Å²) in [4.78, 5) is 0. The molecule has 0 amide bonds. The minimum absolute atomic E-state index is 0. The summed E-state index contributed by atoms with van der Waals surface area (Å²) < 4.78 is 36.0. The van der Waals surface area contributed by atoms with E-state index < -0.39 is 18.6 Å². The van der Waals surface area contributed by atoms with Crippen LogP contribution in [0.15, 0.2) is 24.3 Å². The molecule has 0 saturated heterocycles. The van der Waals surface area contributed by atoms with Crippen molar-refractivity contribution < 1.29 is 13.2 Å². The first-order valence-corrected chi connectivity index (χ1v) is 5.33. The second kappa shape index (κ2) is 6.87. The van der Waals surface area contributed by atoms with Crippen molar-refractivity contribution in [2.24, 2.45) is 5.73 Å². The van der Waals surface area contributed by atoms with Gasteiger partial charge in [0.1, 0.15) is 0 Å². The third kappa shape index (κ3) is 5.94. The fraction of sp³-hybridized carbons (Fsp3) is 0.500. The van der Waals surface area contributed by atoms with Crippen LogP contribution in [0.1, 0.15) is 36.9 Å². The Morgan fingerprint density at radius 1 is 1.18 bits per heavy atom. The quantitative estimate of drug-likeness (QED) is 0.876. The van der Waals surface area contributed by atoms with Crippen LogP contribution >= 0.6 is 12.4 Å². The molecule has 0 aliphatic carbocycles. The fourth-order valence-corrected chi connectivity index (χ4v) is 1.49. The second-order valence-electron chi connectivity index (χ2n) is 3.86. The van der Waals surface area contributed by atoms with Crippen LogP contribution in [-0.4, -0.2) is 6.18 Å². The first-order chi connectivity index (χ1) is 7.42. The Labute approximate surface area is 106 Å². The average molecular weight is 268 g/mol. The van der Waals surface area contributed by atoms with E-state index in [1.165, 1.54) is 0 Å². The van der Waals surface area contributed by atoms with Crippen LogP contribution in [0.2, 0.25) is 0 Å². The predicted octanol–water partition coefficient (Wildman–Crippen LogP) is 4.01. The van der Waals surface area contributed by atoms with Crippen molar-refractivity contribution in [1.29, 1.82) is 0 Å². The van der Waals surface area contributed by atoms with Crippen LogP contribution in [0.25, 0.3) is 0 Å². The van der Waals surface area contributed by atoms with Crippen molar-refractivity contribution >= 4 is 12.4 Å². The van der Waals surface area contributed by atoms with Gasteiger partial charge < -0.3 is 5.73 Å². The van der Waals surface area contributed by atoms with Crippen LogP contribution in [-0.2, 0) is 6.42 Å². The molecule has 0 radical (unpaired) electrons. The topological polar surface area (TPSA) is 26.0 Å². The van der Waals surface area contributed by atoms with Crippen LogP contribution in [0, 0.1) is 0 Å². The number of hydrogen-bond acceptors (Lipinski definition) is 1. The van der Waals surface area contributed by atoms with E-state index in [1.54, 1.807) is 12.1 Å². The van der Waals surface area contributed by atoms with E-state index in [0.29, 0.717) is 0 Å². The Morgan fingerprint density at radius 2 is 1.71 bits per heavy atom. The highest BCUT2D eigenvalue weighted by Crippen LogP contribution is 2.26. The van der Waals surface area contributed by atoms with Gasteiger partial charge in [-0.3, -0.25) is 0 Å². The van der Waals surface area contributed by atoms with Crippen molar-refractivity contribution in [3.05, 3.63) is 35.4 Å². The molecular weight excluding hydrogens is 251 g/mol. The number of halogens is 4. The summed E-state index contributed by atoms with van der Waals surface area (Å²) in [6, 6.07) is 6.89. The van der Waals surface area contributed by atoms with E-state index in [0.717, 1.165) is 17.5 Å². The van der Waals surface area contributed by atoms with E-state index in [9.17, 15) is 13.2 Å². The zero-order valence-electron chi connectivity index (χ0n) is 9.63. The van der Waals surface area contributed by atoms with Crippen molar-refractivity contribution in [3.8, 4) is 0 Å². The number of aryl methyl sites for hydroxylation is 1. The molecule has 0 aliphatic heterocycles. The number of hydrogen-bond donors (Lipinski definition) is 1. The molecule has 17 heavy (non-hydrogen) atoms. The third-order valence-corrected chi connectivity index (χ3v) is 2.55. The standard InChI is InChI=1S/C12H16F3N.ClH/c1-2-9-3-5-10(6-4-9)11(16)7-8-12(13,14)15;/h3-6,11H,2,7-8,16H2,1H3;1H/t11-;/m1./s1. The lowest BCUT2D eigenvalue weighted by Gasteiger charge is -2.13. The molecule has 0 saturated carbocycles. The Hall–Kier alpha value is -0.740. The summed E-state index contributed by atoms with van der Waals surface area (Å²) >= 11 is 0. The molecule has 1 aromatic carbocycles. The second-order valence-corrected chi connectivity index (χ2v) is 3.86. The maximum absolute atomic E-state index is 12.0. The number of rotatable bonds is 4. The van der Waals surface area contributed by atoms with Crippen molar-refractivity contribution in [2.75, 3.05) is 0 Å². The van der Waals surface area contributed by atoms with Gasteiger partial charge in [-0.25, -0.2) is 0 Å². The summed E-state index contributed by atoms with van der Waals surface area (Å²) in [5, 5.41) is 0.